The molecule has 0 rings (SSSR count). The third kappa shape index (κ3) is 9.18. The molecule has 0 aliphatic carbocycles. The van der Waals surface area contributed by atoms with Gasteiger partial charge >= 0.3 is 0 Å². The van der Waals surface area contributed by atoms with Crippen LogP contribution in [0.25, 0.3) is 0 Å². The van der Waals surface area contributed by atoms with E-state index in [2.05, 4.69) is 18.8 Å². The van der Waals surface area contributed by atoms with Gasteiger partial charge in [-0.15, -0.1) is 11.8 Å². The van der Waals surface area contributed by atoms with Gasteiger partial charge < -0.3 is 20.9 Å². The van der Waals surface area contributed by atoms with Crippen molar-refractivity contribution >= 4 is 17.5 Å². The van der Waals surface area contributed by atoms with E-state index < -0.39 is 12.2 Å². The molecule has 0 aromatic carbocycles. The summed E-state index contributed by atoms with van der Waals surface area (Å²) in [5, 5.41) is 29.6. The summed E-state index contributed by atoms with van der Waals surface area (Å²) in [6.07, 6.45) is 3.17. The topological polar surface area (TPSA) is 76.3 Å². The third-order valence-electron chi connectivity index (χ3n) is 2.80. The number of rotatable bonds is 10. The van der Waals surface area contributed by atoms with Crippen molar-refractivity contribution in [1.82, 2.24) is 5.32 Å². The molecule has 116 valence electrons. The molecule has 4 atom stereocenters. The lowest BCUT2D eigenvalue weighted by Crippen LogP contribution is -2.32. The van der Waals surface area contributed by atoms with Crippen molar-refractivity contribution in [1.29, 1.82) is 5.41 Å². The van der Waals surface area contributed by atoms with Gasteiger partial charge in [0, 0.05) is 28.5 Å². The number of aliphatic hydroxyl groups is 2. The molecular weight excluding hydrogens is 272 g/mol. The summed E-state index contributed by atoms with van der Waals surface area (Å²) < 4.78 is 0. The number of aliphatic hydroxyl groups excluding tert-OH is 2. The zero-order valence-corrected chi connectivity index (χ0v) is 13.7. The van der Waals surface area contributed by atoms with Crippen molar-refractivity contribution < 1.29 is 10.2 Å². The van der Waals surface area contributed by atoms with E-state index in [1.807, 2.05) is 13.0 Å². The number of thioether (sulfide) groups is 1. The standard InChI is InChI=1S/C15H28N2O2S/c1-10(16)7-6-8-11(2)17-12(3)9-20-14(5)15(19)13(4)18/h6-7,11,13-19H,3,8-9H2,1-2,4-5H3/b7-6+,16-10?/t11-,13?,14+,15?/m1/s1. The lowest BCUT2D eigenvalue weighted by atomic mass is 10.2. The fourth-order valence-corrected chi connectivity index (χ4v) is 2.59. The van der Waals surface area contributed by atoms with Crippen LogP contribution >= 0.6 is 11.8 Å². The number of hydrogen-bond donors (Lipinski definition) is 4. The van der Waals surface area contributed by atoms with Gasteiger partial charge in [0.05, 0.1) is 12.2 Å². The Balaban J connectivity index is 3.96. The van der Waals surface area contributed by atoms with E-state index in [1.54, 1.807) is 31.7 Å². The van der Waals surface area contributed by atoms with E-state index in [9.17, 15) is 10.2 Å². The summed E-state index contributed by atoms with van der Waals surface area (Å²) in [6, 6.07) is 0.260. The van der Waals surface area contributed by atoms with Gasteiger partial charge in [0.2, 0.25) is 0 Å². The summed E-state index contributed by atoms with van der Waals surface area (Å²) in [5.74, 6) is 0.697. The van der Waals surface area contributed by atoms with Gasteiger partial charge in [0.1, 0.15) is 0 Å². The van der Waals surface area contributed by atoms with E-state index in [0.717, 1.165) is 12.1 Å². The van der Waals surface area contributed by atoms with Gasteiger partial charge in [-0.3, -0.25) is 0 Å². The Kier molecular flexibility index (Phi) is 9.63. The Morgan fingerprint density at radius 2 is 1.95 bits per heavy atom. The minimum Gasteiger partial charge on any atom is -0.391 e. The molecule has 0 spiro atoms. The maximum atomic E-state index is 9.71. The van der Waals surface area contributed by atoms with Crippen molar-refractivity contribution in [2.24, 2.45) is 0 Å². The average molecular weight is 300 g/mol. The highest BCUT2D eigenvalue weighted by molar-refractivity contribution is 8.00. The summed E-state index contributed by atoms with van der Waals surface area (Å²) in [4.78, 5) is 0. The average Bonchev–Trinajstić information content (AvgIpc) is 2.34. The highest BCUT2D eigenvalue weighted by Crippen LogP contribution is 2.18. The Bertz CT molecular complexity index is 343. The molecule has 0 bridgehead atoms. The van der Waals surface area contributed by atoms with Crippen LogP contribution in [0.1, 0.15) is 34.1 Å². The van der Waals surface area contributed by atoms with E-state index in [1.165, 1.54) is 0 Å². The minimum absolute atomic E-state index is 0.0377. The highest BCUT2D eigenvalue weighted by atomic mass is 32.2. The second-order valence-corrected chi connectivity index (χ2v) is 6.58. The lowest BCUT2D eigenvalue weighted by Gasteiger charge is -2.22. The molecule has 0 fully saturated rings. The SMILES string of the molecule is C=C(CS[C@@H](C)C(O)C(C)O)N[C@H](C)C/C=C/C(C)=N. The molecule has 0 amide bonds. The first-order chi connectivity index (χ1) is 9.23. The molecule has 0 radical (unpaired) electrons. The molecule has 0 aromatic rings. The van der Waals surface area contributed by atoms with Crippen molar-refractivity contribution in [3.05, 3.63) is 24.4 Å². The maximum Gasteiger partial charge on any atom is 0.0911 e. The number of nitrogens with one attached hydrogen (secondary N) is 2. The van der Waals surface area contributed by atoms with Crippen LogP contribution in [-0.4, -0.2) is 45.2 Å². The second kappa shape index (κ2) is 10.0. The Hall–Kier alpha value is -0.780. The van der Waals surface area contributed by atoms with E-state index in [0.29, 0.717) is 11.5 Å². The van der Waals surface area contributed by atoms with Gasteiger partial charge in [-0.05, 0) is 33.3 Å². The van der Waals surface area contributed by atoms with Gasteiger partial charge in [-0.2, -0.15) is 0 Å². The van der Waals surface area contributed by atoms with Crippen LogP contribution in [0.3, 0.4) is 0 Å². The van der Waals surface area contributed by atoms with Crippen molar-refractivity contribution in [3.8, 4) is 0 Å². The first-order valence-electron chi connectivity index (χ1n) is 6.87. The monoisotopic (exact) mass is 300 g/mol. The van der Waals surface area contributed by atoms with Crippen LogP contribution in [0.15, 0.2) is 24.4 Å². The summed E-state index contributed by atoms with van der Waals surface area (Å²) in [5.41, 5.74) is 1.46. The Morgan fingerprint density at radius 3 is 2.45 bits per heavy atom. The van der Waals surface area contributed by atoms with E-state index in [-0.39, 0.29) is 11.3 Å². The predicted octanol–water partition coefficient (Wildman–Crippen LogP) is 2.33. The molecule has 4 N–H and O–H groups in total. The van der Waals surface area contributed by atoms with Gasteiger partial charge in [-0.1, -0.05) is 19.6 Å². The van der Waals surface area contributed by atoms with Crippen LogP contribution in [-0.2, 0) is 0 Å². The molecule has 20 heavy (non-hydrogen) atoms. The molecule has 2 unspecified atom stereocenters. The largest absolute Gasteiger partial charge is 0.391 e. The number of hydrogen-bond acceptors (Lipinski definition) is 5. The molecule has 0 saturated carbocycles. The smallest absolute Gasteiger partial charge is 0.0911 e. The van der Waals surface area contributed by atoms with Gasteiger partial charge in [0.15, 0.2) is 0 Å². The molecule has 5 heteroatoms. The summed E-state index contributed by atoms with van der Waals surface area (Å²) in [6.45, 7) is 11.3. The minimum atomic E-state index is -0.719. The molecule has 0 aliphatic heterocycles. The van der Waals surface area contributed by atoms with Crippen molar-refractivity contribution in [2.45, 2.75) is 57.6 Å². The quantitative estimate of drug-likeness (QED) is 0.467. The van der Waals surface area contributed by atoms with Gasteiger partial charge in [0.25, 0.3) is 0 Å². The highest BCUT2D eigenvalue weighted by Gasteiger charge is 2.19. The molecule has 0 aromatic heterocycles. The van der Waals surface area contributed by atoms with Crippen LogP contribution in [0, 0.1) is 5.41 Å². The maximum absolute atomic E-state index is 9.71. The molecule has 0 aliphatic rings. The van der Waals surface area contributed by atoms with Gasteiger partial charge in [-0.25, -0.2) is 0 Å². The summed E-state index contributed by atoms with van der Waals surface area (Å²) in [7, 11) is 0. The lowest BCUT2D eigenvalue weighted by molar-refractivity contribution is 0.0330. The summed E-state index contributed by atoms with van der Waals surface area (Å²) >= 11 is 1.57. The first-order valence-corrected chi connectivity index (χ1v) is 7.92. The first kappa shape index (κ1) is 19.2. The third-order valence-corrected chi connectivity index (χ3v) is 4.12. The predicted molar refractivity (Wildman–Crippen MR) is 88.5 cm³/mol. The fourth-order valence-electron chi connectivity index (χ4n) is 1.62. The Morgan fingerprint density at radius 1 is 1.35 bits per heavy atom. The second-order valence-electron chi connectivity index (χ2n) is 5.22. The molecule has 4 nitrogen and oxygen atoms in total. The normalized spacial score (nSPS) is 17.5. The van der Waals surface area contributed by atoms with E-state index >= 15 is 0 Å². The fraction of sp³-hybridized carbons (Fsp3) is 0.667. The van der Waals surface area contributed by atoms with Crippen LogP contribution in [0.2, 0.25) is 0 Å². The number of allylic oxidation sites excluding steroid dienone is 1. The zero-order chi connectivity index (χ0) is 15.7. The van der Waals surface area contributed by atoms with Crippen LogP contribution < -0.4 is 5.32 Å². The van der Waals surface area contributed by atoms with Crippen molar-refractivity contribution in [3.63, 3.8) is 0 Å². The Labute approximate surface area is 126 Å². The molecule has 0 heterocycles. The molecular formula is C15H28N2O2S. The zero-order valence-electron chi connectivity index (χ0n) is 12.9. The van der Waals surface area contributed by atoms with E-state index in [4.69, 9.17) is 5.41 Å². The van der Waals surface area contributed by atoms with Crippen molar-refractivity contribution in [2.75, 3.05) is 5.75 Å². The van der Waals surface area contributed by atoms with Crippen LogP contribution in [0.5, 0.6) is 0 Å². The molecule has 0 saturated heterocycles. The van der Waals surface area contributed by atoms with Crippen LogP contribution in [0.4, 0.5) is 0 Å².